The van der Waals surface area contributed by atoms with Crippen LogP contribution in [0.15, 0.2) is 54.7 Å². The van der Waals surface area contributed by atoms with Crippen LogP contribution in [0.3, 0.4) is 0 Å². The monoisotopic (exact) mass is 378 g/mol. The Hall–Kier alpha value is -3.08. The third kappa shape index (κ3) is 4.25. The van der Waals surface area contributed by atoms with Gasteiger partial charge in [-0.25, -0.2) is 0 Å². The SMILES string of the molecule is CCOc1ccc(-c2cc3ccccn3c2C(=O)C(=O)NCCC(C)C)cc1. The highest BCUT2D eigenvalue weighted by Crippen LogP contribution is 2.29. The third-order valence-corrected chi connectivity index (χ3v) is 4.58. The van der Waals surface area contributed by atoms with Crippen molar-refractivity contribution >= 4 is 17.2 Å². The van der Waals surface area contributed by atoms with E-state index in [2.05, 4.69) is 19.2 Å². The highest BCUT2D eigenvalue weighted by molar-refractivity contribution is 6.43. The smallest absolute Gasteiger partial charge is 0.294 e. The van der Waals surface area contributed by atoms with Gasteiger partial charge in [-0.15, -0.1) is 0 Å². The molecule has 2 heterocycles. The van der Waals surface area contributed by atoms with Crippen molar-refractivity contribution in [1.29, 1.82) is 0 Å². The second-order valence-electron chi connectivity index (χ2n) is 7.13. The van der Waals surface area contributed by atoms with Crippen molar-refractivity contribution in [1.82, 2.24) is 9.72 Å². The van der Waals surface area contributed by atoms with Crippen LogP contribution < -0.4 is 10.1 Å². The average Bonchev–Trinajstić information content (AvgIpc) is 3.07. The fraction of sp³-hybridized carbons (Fsp3) is 0.304. The van der Waals surface area contributed by atoms with Gasteiger partial charge in [-0.05, 0) is 55.2 Å². The van der Waals surface area contributed by atoms with Gasteiger partial charge in [0, 0.05) is 23.8 Å². The van der Waals surface area contributed by atoms with Crippen LogP contribution in [-0.2, 0) is 4.79 Å². The number of nitrogens with one attached hydrogen (secondary N) is 1. The fourth-order valence-electron chi connectivity index (χ4n) is 3.13. The fourth-order valence-corrected chi connectivity index (χ4v) is 3.13. The van der Waals surface area contributed by atoms with E-state index < -0.39 is 11.7 Å². The minimum atomic E-state index is -0.573. The van der Waals surface area contributed by atoms with Crippen molar-refractivity contribution in [3.8, 4) is 16.9 Å². The van der Waals surface area contributed by atoms with E-state index in [0.29, 0.717) is 24.8 Å². The Morgan fingerprint density at radius 2 is 1.86 bits per heavy atom. The molecule has 3 rings (SSSR count). The second kappa shape index (κ2) is 8.74. The van der Waals surface area contributed by atoms with Crippen LogP contribution in [0.2, 0.25) is 0 Å². The third-order valence-electron chi connectivity index (χ3n) is 4.58. The first-order valence-corrected chi connectivity index (χ1v) is 9.67. The van der Waals surface area contributed by atoms with Crippen LogP contribution in [0.25, 0.3) is 16.6 Å². The number of hydrogen-bond acceptors (Lipinski definition) is 3. The van der Waals surface area contributed by atoms with Gasteiger partial charge in [-0.1, -0.05) is 32.0 Å². The first-order chi connectivity index (χ1) is 13.5. The highest BCUT2D eigenvalue weighted by atomic mass is 16.5. The lowest BCUT2D eigenvalue weighted by Crippen LogP contribution is -2.33. The molecule has 0 atom stereocenters. The van der Waals surface area contributed by atoms with Gasteiger partial charge < -0.3 is 14.5 Å². The maximum absolute atomic E-state index is 13.0. The van der Waals surface area contributed by atoms with Gasteiger partial charge in [-0.2, -0.15) is 0 Å². The topological polar surface area (TPSA) is 59.8 Å². The van der Waals surface area contributed by atoms with Gasteiger partial charge in [0.05, 0.1) is 6.61 Å². The Morgan fingerprint density at radius 3 is 2.54 bits per heavy atom. The summed E-state index contributed by atoms with van der Waals surface area (Å²) in [5.74, 6) is 0.133. The number of ketones is 1. The molecule has 0 radical (unpaired) electrons. The number of benzene rings is 1. The number of rotatable bonds is 8. The first kappa shape index (κ1) is 19.7. The van der Waals surface area contributed by atoms with E-state index in [1.807, 2.05) is 61.7 Å². The molecule has 0 unspecified atom stereocenters. The summed E-state index contributed by atoms with van der Waals surface area (Å²) in [5, 5.41) is 2.75. The van der Waals surface area contributed by atoms with Crippen molar-refractivity contribution < 1.29 is 14.3 Å². The summed E-state index contributed by atoms with van der Waals surface area (Å²) in [6.07, 6.45) is 2.64. The van der Waals surface area contributed by atoms with Gasteiger partial charge in [0.15, 0.2) is 0 Å². The molecule has 0 spiro atoms. The van der Waals surface area contributed by atoms with Gasteiger partial charge in [0.25, 0.3) is 11.7 Å². The quantitative estimate of drug-likeness (QED) is 0.468. The molecule has 0 saturated heterocycles. The van der Waals surface area contributed by atoms with Crippen molar-refractivity contribution in [2.75, 3.05) is 13.2 Å². The number of nitrogens with zero attached hydrogens (tertiary/aromatic N) is 1. The number of ether oxygens (including phenoxy) is 1. The Morgan fingerprint density at radius 1 is 1.11 bits per heavy atom. The number of pyridine rings is 1. The molecule has 1 aromatic carbocycles. The summed E-state index contributed by atoms with van der Waals surface area (Å²) in [6.45, 7) is 7.18. The Kier molecular flexibility index (Phi) is 6.14. The van der Waals surface area contributed by atoms with Crippen LogP contribution in [0.1, 0.15) is 37.7 Å². The maximum Gasteiger partial charge on any atom is 0.294 e. The number of aromatic nitrogens is 1. The zero-order valence-electron chi connectivity index (χ0n) is 16.6. The van der Waals surface area contributed by atoms with E-state index in [9.17, 15) is 9.59 Å². The predicted octanol–water partition coefficient (Wildman–Crippen LogP) is 4.35. The maximum atomic E-state index is 13.0. The minimum absolute atomic E-state index is 0.377. The van der Waals surface area contributed by atoms with Crippen molar-refractivity contribution in [2.24, 2.45) is 5.92 Å². The summed E-state index contributed by atoms with van der Waals surface area (Å²) in [4.78, 5) is 25.5. The van der Waals surface area contributed by atoms with Crippen LogP contribution >= 0.6 is 0 Å². The van der Waals surface area contributed by atoms with E-state index in [4.69, 9.17) is 4.74 Å². The lowest BCUT2D eigenvalue weighted by atomic mass is 10.0. The Balaban J connectivity index is 1.97. The number of hydrogen-bond donors (Lipinski definition) is 1. The van der Waals surface area contributed by atoms with E-state index in [0.717, 1.165) is 28.8 Å². The number of amides is 1. The van der Waals surface area contributed by atoms with E-state index in [-0.39, 0.29) is 0 Å². The average molecular weight is 378 g/mol. The molecular weight excluding hydrogens is 352 g/mol. The number of Topliss-reactive ketones (excluding diaryl/α,β-unsaturated/α-hetero) is 1. The van der Waals surface area contributed by atoms with E-state index in [1.54, 1.807) is 4.40 Å². The molecule has 2 aromatic heterocycles. The van der Waals surface area contributed by atoms with E-state index in [1.165, 1.54) is 0 Å². The molecule has 3 aromatic rings. The largest absolute Gasteiger partial charge is 0.494 e. The first-order valence-electron chi connectivity index (χ1n) is 9.67. The molecule has 0 saturated carbocycles. The standard InChI is InChI=1S/C23H26N2O3/c1-4-28-19-10-8-17(9-11-19)20-15-18-7-5-6-14-25(18)21(20)22(26)23(27)24-13-12-16(2)3/h5-11,14-16H,4,12-13H2,1-3H3,(H,24,27). The van der Waals surface area contributed by atoms with Crippen molar-refractivity contribution in [3.05, 3.63) is 60.4 Å². The molecule has 5 nitrogen and oxygen atoms in total. The van der Waals surface area contributed by atoms with Gasteiger partial charge in [0.2, 0.25) is 0 Å². The summed E-state index contributed by atoms with van der Waals surface area (Å²) < 4.78 is 7.27. The van der Waals surface area contributed by atoms with Crippen molar-refractivity contribution in [3.63, 3.8) is 0 Å². The lowest BCUT2D eigenvalue weighted by molar-refractivity contribution is -0.117. The Labute approximate surface area is 165 Å². The summed E-state index contributed by atoms with van der Waals surface area (Å²) >= 11 is 0. The van der Waals surface area contributed by atoms with Gasteiger partial charge in [-0.3, -0.25) is 9.59 Å². The minimum Gasteiger partial charge on any atom is -0.494 e. The number of carbonyl (C=O) groups is 2. The number of carbonyl (C=O) groups excluding carboxylic acids is 2. The van der Waals surface area contributed by atoms with Crippen LogP contribution in [0, 0.1) is 5.92 Å². The lowest BCUT2D eigenvalue weighted by Gasteiger charge is -2.09. The second-order valence-corrected chi connectivity index (χ2v) is 7.13. The zero-order chi connectivity index (χ0) is 20.1. The molecule has 0 aliphatic carbocycles. The number of fused-ring (bicyclic) bond motifs is 1. The molecule has 1 N–H and O–H groups in total. The predicted molar refractivity (Wildman–Crippen MR) is 111 cm³/mol. The highest BCUT2D eigenvalue weighted by Gasteiger charge is 2.24. The van der Waals surface area contributed by atoms with Gasteiger partial charge in [0.1, 0.15) is 11.4 Å². The summed E-state index contributed by atoms with van der Waals surface area (Å²) in [7, 11) is 0. The molecule has 0 fully saturated rings. The summed E-state index contributed by atoms with van der Waals surface area (Å²) in [6, 6.07) is 15.2. The molecule has 0 aliphatic heterocycles. The summed E-state index contributed by atoms with van der Waals surface area (Å²) in [5.41, 5.74) is 2.84. The molecule has 5 heteroatoms. The molecule has 28 heavy (non-hydrogen) atoms. The molecule has 0 aliphatic rings. The molecule has 146 valence electrons. The van der Waals surface area contributed by atoms with Crippen molar-refractivity contribution in [2.45, 2.75) is 27.2 Å². The van der Waals surface area contributed by atoms with Crippen LogP contribution in [0.5, 0.6) is 5.75 Å². The van der Waals surface area contributed by atoms with Crippen LogP contribution in [-0.4, -0.2) is 29.2 Å². The molecular formula is C23H26N2O3. The zero-order valence-corrected chi connectivity index (χ0v) is 16.6. The molecule has 1 amide bonds. The molecule has 0 bridgehead atoms. The Bertz CT molecular complexity index is 971. The normalized spacial score (nSPS) is 11.0. The van der Waals surface area contributed by atoms with Crippen LogP contribution in [0.4, 0.5) is 0 Å². The van der Waals surface area contributed by atoms with E-state index >= 15 is 0 Å². The van der Waals surface area contributed by atoms with Gasteiger partial charge >= 0.3 is 0 Å².